The minimum absolute atomic E-state index is 0. The summed E-state index contributed by atoms with van der Waals surface area (Å²) in [5.41, 5.74) is 0.371. The maximum atomic E-state index is 11.8. The molecule has 1 aromatic carbocycles. The monoisotopic (exact) mass is 225 g/mol. The number of benzene rings is 1. The van der Waals surface area contributed by atoms with Crippen molar-refractivity contribution in [2.45, 2.75) is 0 Å². The standard InChI is InChI=1S/C7H8FNO2S.ClH/c8-6-12(10,11)9-7-4-2-1-3-5-7;/h1-5,9H,6H2;1H. The molecular weight excluding hydrogens is 217 g/mol. The molecule has 0 heterocycles. The van der Waals surface area contributed by atoms with Crippen LogP contribution in [0.2, 0.25) is 0 Å². The van der Waals surface area contributed by atoms with Gasteiger partial charge in [-0.3, -0.25) is 4.72 Å². The summed E-state index contributed by atoms with van der Waals surface area (Å²) in [5, 5.41) is 0. The summed E-state index contributed by atoms with van der Waals surface area (Å²) in [6.45, 7) is 0. The summed E-state index contributed by atoms with van der Waals surface area (Å²) in [5.74, 6) is 0. The predicted molar refractivity (Wildman–Crippen MR) is 52.2 cm³/mol. The largest absolute Gasteiger partial charge is 0.281 e. The highest BCUT2D eigenvalue weighted by Crippen LogP contribution is 2.07. The highest BCUT2D eigenvalue weighted by atomic mass is 35.5. The lowest BCUT2D eigenvalue weighted by molar-refractivity contribution is 0.538. The first-order valence-corrected chi connectivity index (χ1v) is 4.91. The highest BCUT2D eigenvalue weighted by Gasteiger charge is 2.07. The van der Waals surface area contributed by atoms with E-state index in [-0.39, 0.29) is 12.4 Å². The van der Waals surface area contributed by atoms with Crippen LogP contribution in [0.4, 0.5) is 10.1 Å². The summed E-state index contributed by atoms with van der Waals surface area (Å²) in [6.07, 6.45) is 0. The molecule has 3 nitrogen and oxygen atoms in total. The molecule has 0 aliphatic heterocycles. The van der Waals surface area contributed by atoms with Crippen LogP contribution in [-0.2, 0) is 10.0 Å². The fourth-order valence-corrected chi connectivity index (χ4v) is 1.26. The first-order chi connectivity index (χ1) is 5.64. The smallest absolute Gasteiger partial charge is 0.262 e. The molecule has 6 heteroatoms. The van der Waals surface area contributed by atoms with Gasteiger partial charge >= 0.3 is 0 Å². The molecule has 0 unspecified atom stereocenters. The number of halogens is 2. The van der Waals surface area contributed by atoms with E-state index in [9.17, 15) is 12.8 Å². The summed E-state index contributed by atoms with van der Waals surface area (Å²) in [6, 6.07) is 6.77. The normalized spacial score (nSPS) is 10.2. The van der Waals surface area contributed by atoms with E-state index in [0.29, 0.717) is 5.69 Å². The molecule has 0 radical (unpaired) electrons. The van der Waals surface area contributed by atoms with Gasteiger partial charge in [0.05, 0.1) is 0 Å². The van der Waals surface area contributed by atoms with Crippen molar-refractivity contribution in [2.24, 2.45) is 0 Å². The lowest BCUT2D eigenvalue weighted by Gasteiger charge is -2.02. The van der Waals surface area contributed by atoms with Crippen molar-refractivity contribution in [3.05, 3.63) is 30.3 Å². The Bertz CT molecular complexity index is 341. The Morgan fingerprint density at radius 1 is 1.23 bits per heavy atom. The molecule has 0 fully saturated rings. The van der Waals surface area contributed by atoms with Crippen LogP contribution in [0.3, 0.4) is 0 Å². The van der Waals surface area contributed by atoms with Gasteiger partial charge < -0.3 is 0 Å². The van der Waals surface area contributed by atoms with E-state index in [0.717, 1.165) is 0 Å². The van der Waals surface area contributed by atoms with Gasteiger partial charge in [-0.1, -0.05) is 18.2 Å². The molecule has 1 N–H and O–H groups in total. The summed E-state index contributed by atoms with van der Waals surface area (Å²) < 4.78 is 35.2. The van der Waals surface area contributed by atoms with Gasteiger partial charge in [0.15, 0.2) is 0 Å². The Morgan fingerprint density at radius 3 is 2.23 bits per heavy atom. The second-order valence-electron chi connectivity index (χ2n) is 2.19. The van der Waals surface area contributed by atoms with Crippen LogP contribution in [0, 0.1) is 0 Å². The number of hydrogen-bond donors (Lipinski definition) is 1. The van der Waals surface area contributed by atoms with E-state index >= 15 is 0 Å². The third-order valence-corrected chi connectivity index (χ3v) is 2.02. The number of rotatable bonds is 3. The van der Waals surface area contributed by atoms with Crippen molar-refractivity contribution in [1.29, 1.82) is 0 Å². The molecule has 0 atom stereocenters. The molecular formula is C7H9ClFNO2S. The first kappa shape index (κ1) is 12.2. The van der Waals surface area contributed by atoms with Crippen molar-refractivity contribution in [2.75, 3.05) is 10.7 Å². The lowest BCUT2D eigenvalue weighted by Crippen LogP contribution is -2.13. The molecule has 0 aromatic heterocycles. The van der Waals surface area contributed by atoms with Crippen LogP contribution < -0.4 is 4.72 Å². The summed E-state index contributed by atoms with van der Waals surface area (Å²) >= 11 is 0. The molecule has 0 aliphatic carbocycles. The molecule has 1 aromatic rings. The Labute approximate surface area is 82.4 Å². The van der Waals surface area contributed by atoms with E-state index < -0.39 is 16.0 Å². The third-order valence-electron chi connectivity index (χ3n) is 1.19. The van der Waals surface area contributed by atoms with Crippen LogP contribution in [-0.4, -0.2) is 14.4 Å². The average molecular weight is 226 g/mol. The number of sulfonamides is 1. The van der Waals surface area contributed by atoms with Crippen LogP contribution in [0.25, 0.3) is 0 Å². The van der Waals surface area contributed by atoms with Gasteiger partial charge in [-0.15, -0.1) is 12.4 Å². The van der Waals surface area contributed by atoms with E-state index in [2.05, 4.69) is 4.72 Å². The van der Waals surface area contributed by atoms with Crippen LogP contribution in [0.15, 0.2) is 30.3 Å². The van der Waals surface area contributed by atoms with Crippen molar-refractivity contribution in [3.8, 4) is 0 Å². The minimum Gasteiger partial charge on any atom is -0.281 e. The van der Waals surface area contributed by atoms with Crippen LogP contribution >= 0.6 is 12.4 Å². The Kier molecular flexibility index (Phi) is 4.72. The van der Waals surface area contributed by atoms with E-state index in [4.69, 9.17) is 0 Å². The van der Waals surface area contributed by atoms with Crippen molar-refractivity contribution < 1.29 is 12.8 Å². The third kappa shape index (κ3) is 4.10. The lowest BCUT2D eigenvalue weighted by atomic mass is 10.3. The molecule has 0 saturated heterocycles. The van der Waals surface area contributed by atoms with E-state index in [1.54, 1.807) is 30.3 Å². The molecule has 74 valence electrons. The highest BCUT2D eigenvalue weighted by molar-refractivity contribution is 7.92. The summed E-state index contributed by atoms with van der Waals surface area (Å²) in [7, 11) is -3.79. The zero-order valence-electron chi connectivity index (χ0n) is 6.60. The van der Waals surface area contributed by atoms with Crippen LogP contribution in [0.1, 0.15) is 0 Å². The molecule has 0 bridgehead atoms. The number of hydrogen-bond acceptors (Lipinski definition) is 2. The molecule has 13 heavy (non-hydrogen) atoms. The second-order valence-corrected chi connectivity index (χ2v) is 3.84. The maximum Gasteiger partial charge on any atom is 0.262 e. The Morgan fingerprint density at radius 2 is 1.77 bits per heavy atom. The molecule has 0 spiro atoms. The fraction of sp³-hybridized carbons (Fsp3) is 0.143. The van der Waals surface area contributed by atoms with Gasteiger partial charge in [-0.2, -0.15) is 0 Å². The maximum absolute atomic E-state index is 11.8. The van der Waals surface area contributed by atoms with Crippen molar-refractivity contribution in [1.82, 2.24) is 0 Å². The molecule has 0 saturated carbocycles. The second kappa shape index (κ2) is 5.04. The molecule has 1 rings (SSSR count). The Balaban J connectivity index is 0.00000144. The van der Waals surface area contributed by atoms with Crippen molar-refractivity contribution in [3.63, 3.8) is 0 Å². The SMILES string of the molecule is Cl.O=S(=O)(CF)Nc1ccccc1. The van der Waals surface area contributed by atoms with Gasteiger partial charge in [0.25, 0.3) is 10.0 Å². The number of alkyl halides is 1. The Hall–Kier alpha value is -0.810. The number of para-hydroxylation sites is 1. The number of anilines is 1. The first-order valence-electron chi connectivity index (χ1n) is 3.25. The van der Waals surface area contributed by atoms with E-state index in [1.807, 2.05) is 0 Å². The van der Waals surface area contributed by atoms with Gasteiger partial charge in [-0.05, 0) is 12.1 Å². The molecule has 0 aliphatic rings. The predicted octanol–water partition coefficient (Wildman–Crippen LogP) is 1.78. The average Bonchev–Trinajstić information content (AvgIpc) is 2.06. The van der Waals surface area contributed by atoms with Gasteiger partial charge in [0.1, 0.15) is 0 Å². The topological polar surface area (TPSA) is 46.2 Å². The van der Waals surface area contributed by atoms with Gasteiger partial charge in [0.2, 0.25) is 6.01 Å². The number of nitrogens with one attached hydrogen (secondary N) is 1. The molecule has 0 amide bonds. The summed E-state index contributed by atoms with van der Waals surface area (Å²) in [4.78, 5) is 0. The van der Waals surface area contributed by atoms with Crippen LogP contribution in [0.5, 0.6) is 0 Å². The minimum atomic E-state index is -3.79. The fourth-order valence-electron chi connectivity index (χ4n) is 0.713. The van der Waals surface area contributed by atoms with Crippen molar-refractivity contribution >= 4 is 28.1 Å². The zero-order valence-corrected chi connectivity index (χ0v) is 8.24. The van der Waals surface area contributed by atoms with E-state index in [1.165, 1.54) is 0 Å². The quantitative estimate of drug-likeness (QED) is 0.853. The van der Waals surface area contributed by atoms with Gasteiger partial charge in [0, 0.05) is 5.69 Å². The van der Waals surface area contributed by atoms with Gasteiger partial charge in [-0.25, -0.2) is 12.8 Å². The zero-order chi connectivity index (χ0) is 9.03.